The minimum Gasteiger partial charge on any atom is -0.497 e. The third kappa shape index (κ3) is 2.24. The van der Waals surface area contributed by atoms with Gasteiger partial charge in [-0.1, -0.05) is 17.3 Å². The van der Waals surface area contributed by atoms with Crippen LogP contribution < -0.4 is 4.74 Å². The molecule has 84 valence electrons. The van der Waals surface area contributed by atoms with Crippen LogP contribution >= 0.6 is 0 Å². The molecule has 16 heavy (non-hydrogen) atoms. The molecule has 2 rings (SSSR count). The van der Waals surface area contributed by atoms with E-state index in [4.69, 9.17) is 9.94 Å². The van der Waals surface area contributed by atoms with Gasteiger partial charge in [0.25, 0.3) is 0 Å². The molecule has 0 saturated heterocycles. The van der Waals surface area contributed by atoms with Crippen molar-refractivity contribution in [1.29, 1.82) is 0 Å². The lowest BCUT2D eigenvalue weighted by Gasteiger charge is -2.14. The van der Waals surface area contributed by atoms with Crippen LogP contribution in [0.5, 0.6) is 5.75 Å². The lowest BCUT2D eigenvalue weighted by Crippen LogP contribution is -2.02. The number of allylic oxidation sites excluding steroid dienone is 2. The molecule has 1 aliphatic rings. The molecule has 0 heterocycles. The van der Waals surface area contributed by atoms with Gasteiger partial charge in [0.1, 0.15) is 5.75 Å². The Kier molecular flexibility index (Phi) is 3.25. The monoisotopic (exact) mass is 217 g/mol. The fraction of sp³-hybridized carbons (Fsp3) is 0.308. The Hall–Kier alpha value is -1.77. The lowest BCUT2D eigenvalue weighted by molar-refractivity contribution is 0.318. The van der Waals surface area contributed by atoms with Crippen LogP contribution in [0, 0.1) is 0 Å². The van der Waals surface area contributed by atoms with Gasteiger partial charge in [0.2, 0.25) is 0 Å². The number of nitrogens with zero attached hydrogens (tertiary/aromatic N) is 1. The summed E-state index contributed by atoms with van der Waals surface area (Å²) < 4.78 is 5.12. The van der Waals surface area contributed by atoms with Crippen molar-refractivity contribution in [2.45, 2.75) is 19.3 Å². The van der Waals surface area contributed by atoms with Crippen LogP contribution in [0.3, 0.4) is 0 Å². The van der Waals surface area contributed by atoms with Crippen molar-refractivity contribution in [1.82, 2.24) is 0 Å². The van der Waals surface area contributed by atoms with Crippen molar-refractivity contribution in [2.24, 2.45) is 5.16 Å². The minimum absolute atomic E-state index is 0.761. The first-order valence-electron chi connectivity index (χ1n) is 5.39. The van der Waals surface area contributed by atoms with Crippen molar-refractivity contribution >= 4 is 11.3 Å². The molecule has 0 atom stereocenters. The Labute approximate surface area is 95.0 Å². The fourth-order valence-electron chi connectivity index (χ4n) is 1.92. The zero-order valence-electron chi connectivity index (χ0n) is 9.31. The highest BCUT2D eigenvalue weighted by Crippen LogP contribution is 2.26. The van der Waals surface area contributed by atoms with Gasteiger partial charge in [0, 0.05) is 0 Å². The molecule has 0 unspecified atom stereocenters. The molecule has 3 nitrogen and oxygen atoms in total. The molecule has 1 N–H and O–H groups in total. The maximum absolute atomic E-state index is 8.76. The molecule has 3 heteroatoms. The molecule has 0 aromatic heterocycles. The molecule has 1 aromatic rings. The molecule has 1 aromatic carbocycles. The predicted octanol–water partition coefficient (Wildman–Crippen LogP) is 3.09. The van der Waals surface area contributed by atoms with Gasteiger partial charge in [0.15, 0.2) is 0 Å². The van der Waals surface area contributed by atoms with Crippen LogP contribution in [0.25, 0.3) is 5.57 Å². The van der Waals surface area contributed by atoms with Gasteiger partial charge < -0.3 is 9.94 Å². The Bertz CT molecular complexity index is 418. The number of benzene rings is 1. The predicted molar refractivity (Wildman–Crippen MR) is 64.0 cm³/mol. The zero-order chi connectivity index (χ0) is 11.4. The van der Waals surface area contributed by atoms with Crippen LogP contribution in [0.4, 0.5) is 0 Å². The Balaban J connectivity index is 2.26. The quantitative estimate of drug-likeness (QED) is 0.611. The molecule has 0 radical (unpaired) electrons. The molecule has 0 fully saturated rings. The summed E-state index contributed by atoms with van der Waals surface area (Å²) in [7, 11) is 1.66. The summed E-state index contributed by atoms with van der Waals surface area (Å²) in [5.74, 6) is 0.858. The molecule has 0 spiro atoms. The summed E-state index contributed by atoms with van der Waals surface area (Å²) in [5, 5.41) is 12.0. The van der Waals surface area contributed by atoms with Gasteiger partial charge in [-0.3, -0.25) is 0 Å². The van der Waals surface area contributed by atoms with Crippen molar-refractivity contribution in [2.75, 3.05) is 7.11 Å². The Morgan fingerprint density at radius 3 is 2.56 bits per heavy atom. The molecule has 0 bridgehead atoms. The van der Waals surface area contributed by atoms with Crippen molar-refractivity contribution in [3.63, 3.8) is 0 Å². The molecule has 0 saturated carbocycles. The van der Waals surface area contributed by atoms with E-state index < -0.39 is 0 Å². The Morgan fingerprint density at radius 2 is 1.94 bits per heavy atom. The average molecular weight is 217 g/mol. The molecular formula is C13H15NO2. The first-order chi connectivity index (χ1) is 7.83. The van der Waals surface area contributed by atoms with E-state index in [0.717, 1.165) is 30.7 Å². The third-order valence-corrected chi connectivity index (χ3v) is 2.81. The number of hydrogen-bond donors (Lipinski definition) is 1. The maximum atomic E-state index is 8.76. The normalized spacial score (nSPS) is 18.3. The van der Waals surface area contributed by atoms with Gasteiger partial charge in [-0.2, -0.15) is 0 Å². The number of hydrogen-bond acceptors (Lipinski definition) is 3. The standard InChI is InChI=1S/C13H15NO2/c1-16-13-7-5-10(6-8-13)11-3-2-4-12(9-11)14-15/h5-9,15H,2-4H2,1H3/b14-12-. The second-order valence-electron chi connectivity index (χ2n) is 3.84. The number of methoxy groups -OCH3 is 1. The molecule has 0 aliphatic heterocycles. The lowest BCUT2D eigenvalue weighted by atomic mass is 9.93. The van der Waals surface area contributed by atoms with Gasteiger partial charge >= 0.3 is 0 Å². The van der Waals surface area contributed by atoms with Crippen LogP contribution in [-0.4, -0.2) is 18.0 Å². The maximum Gasteiger partial charge on any atom is 0.118 e. The Morgan fingerprint density at radius 1 is 1.19 bits per heavy atom. The van der Waals surface area contributed by atoms with E-state index in [0.29, 0.717) is 0 Å². The smallest absolute Gasteiger partial charge is 0.118 e. The van der Waals surface area contributed by atoms with Crippen molar-refractivity contribution in [3.8, 4) is 5.75 Å². The van der Waals surface area contributed by atoms with E-state index in [-0.39, 0.29) is 0 Å². The molecular weight excluding hydrogens is 202 g/mol. The van der Waals surface area contributed by atoms with E-state index in [1.54, 1.807) is 7.11 Å². The third-order valence-electron chi connectivity index (χ3n) is 2.81. The van der Waals surface area contributed by atoms with Crippen LogP contribution in [0.15, 0.2) is 35.5 Å². The van der Waals surface area contributed by atoms with Crippen molar-refractivity contribution in [3.05, 3.63) is 35.9 Å². The van der Waals surface area contributed by atoms with E-state index in [9.17, 15) is 0 Å². The SMILES string of the molecule is COc1ccc(C2=C/C(=N\O)CCC2)cc1. The fourth-order valence-corrected chi connectivity index (χ4v) is 1.92. The van der Waals surface area contributed by atoms with E-state index in [1.807, 2.05) is 30.3 Å². The summed E-state index contributed by atoms with van der Waals surface area (Å²) in [4.78, 5) is 0. The first-order valence-corrected chi connectivity index (χ1v) is 5.39. The van der Waals surface area contributed by atoms with E-state index >= 15 is 0 Å². The van der Waals surface area contributed by atoms with Crippen molar-refractivity contribution < 1.29 is 9.94 Å². The summed E-state index contributed by atoms with van der Waals surface area (Å²) in [6.07, 6.45) is 4.89. The molecule has 0 amide bonds. The van der Waals surface area contributed by atoms with Gasteiger partial charge in [-0.15, -0.1) is 0 Å². The minimum atomic E-state index is 0.761. The number of oxime groups is 1. The van der Waals surface area contributed by atoms with Gasteiger partial charge in [-0.05, 0) is 48.6 Å². The first kappa shape index (κ1) is 10.7. The largest absolute Gasteiger partial charge is 0.497 e. The van der Waals surface area contributed by atoms with Gasteiger partial charge in [-0.25, -0.2) is 0 Å². The number of rotatable bonds is 2. The van der Waals surface area contributed by atoms with Crippen LogP contribution in [0.1, 0.15) is 24.8 Å². The van der Waals surface area contributed by atoms with Gasteiger partial charge in [0.05, 0.1) is 12.8 Å². The second kappa shape index (κ2) is 4.84. The summed E-state index contributed by atoms with van der Waals surface area (Å²) in [6.45, 7) is 0. The highest BCUT2D eigenvalue weighted by molar-refractivity contribution is 6.01. The average Bonchev–Trinajstić information content (AvgIpc) is 2.39. The van der Waals surface area contributed by atoms with E-state index in [1.165, 1.54) is 11.1 Å². The zero-order valence-corrected chi connectivity index (χ0v) is 9.31. The summed E-state index contributed by atoms with van der Waals surface area (Å²) >= 11 is 0. The van der Waals surface area contributed by atoms with Crippen LogP contribution in [-0.2, 0) is 0 Å². The molecule has 1 aliphatic carbocycles. The topological polar surface area (TPSA) is 41.8 Å². The van der Waals surface area contributed by atoms with Crippen LogP contribution in [0.2, 0.25) is 0 Å². The van der Waals surface area contributed by atoms with E-state index in [2.05, 4.69) is 5.16 Å². The number of ether oxygens (including phenoxy) is 1. The highest BCUT2D eigenvalue weighted by Gasteiger charge is 2.10. The summed E-state index contributed by atoms with van der Waals surface area (Å²) in [5.41, 5.74) is 3.15. The second-order valence-corrected chi connectivity index (χ2v) is 3.84. The highest BCUT2D eigenvalue weighted by atomic mass is 16.5. The summed E-state index contributed by atoms with van der Waals surface area (Å²) in [6, 6.07) is 7.96.